The molecule has 0 bridgehead atoms. The van der Waals surface area contributed by atoms with Crippen LogP contribution in [0.2, 0.25) is 0 Å². The Bertz CT molecular complexity index is 1460. The van der Waals surface area contributed by atoms with E-state index in [1.165, 1.54) is 29.9 Å². The highest BCUT2D eigenvalue weighted by atomic mass is 19.1. The van der Waals surface area contributed by atoms with Crippen molar-refractivity contribution in [1.82, 2.24) is 14.9 Å². The van der Waals surface area contributed by atoms with Crippen LogP contribution in [0, 0.1) is 17.2 Å². The Kier molecular flexibility index (Phi) is 8.26. The molecule has 0 spiro atoms. The second-order valence-electron chi connectivity index (χ2n) is 12.7. The van der Waals surface area contributed by atoms with Crippen LogP contribution in [-0.2, 0) is 16.1 Å². The van der Waals surface area contributed by atoms with Crippen molar-refractivity contribution in [3.8, 4) is 17.1 Å². The maximum absolute atomic E-state index is 14.2. The lowest BCUT2D eigenvalue weighted by atomic mass is 9.93. The van der Waals surface area contributed by atoms with E-state index in [-0.39, 0.29) is 29.1 Å². The van der Waals surface area contributed by atoms with E-state index in [0.717, 1.165) is 25.3 Å². The normalized spacial score (nSPS) is 17.6. The van der Waals surface area contributed by atoms with Gasteiger partial charge in [-0.1, -0.05) is 27.7 Å². The topological polar surface area (TPSA) is 85.7 Å². The van der Waals surface area contributed by atoms with Gasteiger partial charge in [-0.2, -0.15) is 0 Å². The molecule has 1 N–H and O–H groups in total. The van der Waals surface area contributed by atoms with Crippen molar-refractivity contribution in [2.45, 2.75) is 66.7 Å². The predicted octanol–water partition coefficient (Wildman–Crippen LogP) is 5.01. The molecule has 3 aromatic rings. The summed E-state index contributed by atoms with van der Waals surface area (Å²) in [7, 11) is 1.37. The number of hydrogen-bond donors (Lipinski definition) is 1. The van der Waals surface area contributed by atoms with Gasteiger partial charge >= 0.3 is 5.97 Å². The second kappa shape index (κ2) is 11.2. The summed E-state index contributed by atoms with van der Waals surface area (Å²) in [5.41, 5.74) is 0.791. The van der Waals surface area contributed by atoms with Crippen LogP contribution in [0.5, 0.6) is 5.75 Å². The van der Waals surface area contributed by atoms with Gasteiger partial charge in [0.1, 0.15) is 18.0 Å². The summed E-state index contributed by atoms with van der Waals surface area (Å²) in [5.74, 6) is -0.410. The van der Waals surface area contributed by atoms with Crippen LogP contribution in [0.4, 0.5) is 10.1 Å². The molecule has 1 fully saturated rings. The Hall–Kier alpha value is -3.46. The Labute approximate surface area is 235 Å². The first kappa shape index (κ1) is 29.5. The van der Waals surface area contributed by atoms with Crippen molar-refractivity contribution in [2.75, 3.05) is 31.6 Å². The number of aromatic nitrogens is 2. The summed E-state index contributed by atoms with van der Waals surface area (Å²) < 4.78 is 26.2. The zero-order valence-electron chi connectivity index (χ0n) is 24.8. The predicted molar refractivity (Wildman–Crippen MR) is 156 cm³/mol. The number of carbonyl (C=O) groups excluding carboxylic acids is 1. The molecular weight excluding hydrogens is 511 g/mol. The summed E-state index contributed by atoms with van der Waals surface area (Å²) >= 11 is 0. The van der Waals surface area contributed by atoms with Crippen molar-refractivity contribution < 1.29 is 18.7 Å². The van der Waals surface area contributed by atoms with Gasteiger partial charge in [-0.05, 0) is 68.5 Å². The first-order valence-electron chi connectivity index (χ1n) is 13.8. The van der Waals surface area contributed by atoms with Crippen LogP contribution in [0.15, 0.2) is 41.2 Å². The van der Waals surface area contributed by atoms with Crippen LogP contribution in [0.25, 0.3) is 22.3 Å². The molecule has 1 saturated heterocycles. The Morgan fingerprint density at radius 3 is 2.58 bits per heavy atom. The molecular formula is C31H41FN4O4. The van der Waals surface area contributed by atoms with E-state index in [0.29, 0.717) is 28.4 Å². The minimum Gasteiger partial charge on any atom is -0.494 e. The first-order valence-corrected chi connectivity index (χ1v) is 13.8. The zero-order chi connectivity index (χ0) is 29.4. The highest BCUT2D eigenvalue weighted by Gasteiger charge is 2.30. The van der Waals surface area contributed by atoms with Crippen LogP contribution in [0.3, 0.4) is 0 Å². The molecule has 4 rings (SSSR count). The van der Waals surface area contributed by atoms with Gasteiger partial charge in [-0.25, -0.2) is 9.37 Å². The number of esters is 1. The number of methoxy groups -OCH3 is 1. The number of hydrogen-bond acceptors (Lipinski definition) is 7. The minimum absolute atomic E-state index is 0.0168. The fraction of sp³-hybridized carbons (Fsp3) is 0.516. The average molecular weight is 553 g/mol. The molecule has 216 valence electrons. The van der Waals surface area contributed by atoms with Crippen LogP contribution >= 0.6 is 0 Å². The molecule has 0 unspecified atom stereocenters. The summed E-state index contributed by atoms with van der Waals surface area (Å²) in [6.45, 7) is 16.4. The molecule has 2 heterocycles. The van der Waals surface area contributed by atoms with E-state index in [2.05, 4.69) is 37.9 Å². The summed E-state index contributed by atoms with van der Waals surface area (Å²) in [6, 6.07) is 10.2. The van der Waals surface area contributed by atoms with Crippen molar-refractivity contribution in [2.24, 2.45) is 11.3 Å². The molecule has 0 radical (unpaired) electrons. The zero-order valence-corrected chi connectivity index (χ0v) is 24.8. The maximum atomic E-state index is 14.2. The molecule has 2 aromatic carbocycles. The standard InChI is InChI=1S/C31H41FN4O4/c1-19(2)25-15-35(18-31(6,7)17-33-25)21-10-12-24-22(14-21)29(38)36(16-27(37)40-30(3,4)5)28(34-24)20-9-11-23(32)26(13-20)39-8/h9-14,19,25,33H,15-18H2,1-8H3/t25-/m1/s1. The SMILES string of the molecule is COc1cc(-c2nc3ccc(N4C[C@H](C(C)C)NCC(C)(C)C4)cc3c(=O)n2CC(=O)OC(C)(C)C)ccc1F. The Morgan fingerprint density at radius 1 is 1.20 bits per heavy atom. The Balaban J connectivity index is 1.86. The summed E-state index contributed by atoms with van der Waals surface area (Å²) in [4.78, 5) is 34.0. The first-order chi connectivity index (χ1) is 18.7. The summed E-state index contributed by atoms with van der Waals surface area (Å²) in [5, 5.41) is 4.10. The van der Waals surface area contributed by atoms with Gasteiger partial charge in [-0.3, -0.25) is 14.2 Å². The number of ether oxygens (including phenoxy) is 2. The van der Waals surface area contributed by atoms with Gasteiger partial charge in [0.15, 0.2) is 11.6 Å². The molecule has 8 nitrogen and oxygen atoms in total. The molecule has 0 amide bonds. The van der Waals surface area contributed by atoms with Crippen molar-refractivity contribution >= 4 is 22.6 Å². The van der Waals surface area contributed by atoms with Crippen LogP contribution in [0.1, 0.15) is 48.5 Å². The lowest BCUT2D eigenvalue weighted by molar-refractivity contribution is -0.155. The monoisotopic (exact) mass is 552 g/mol. The summed E-state index contributed by atoms with van der Waals surface area (Å²) in [6.07, 6.45) is 0. The molecule has 1 aliphatic rings. The maximum Gasteiger partial charge on any atom is 0.326 e. The number of fused-ring (bicyclic) bond motifs is 1. The average Bonchev–Trinajstić information content (AvgIpc) is 3.03. The number of benzene rings is 2. The Morgan fingerprint density at radius 2 is 1.93 bits per heavy atom. The lowest BCUT2D eigenvalue weighted by Crippen LogP contribution is -2.41. The third-order valence-corrected chi connectivity index (χ3v) is 7.10. The van der Waals surface area contributed by atoms with Crippen molar-refractivity contribution in [3.05, 3.63) is 52.6 Å². The molecule has 1 aliphatic heterocycles. The molecule has 0 aliphatic carbocycles. The highest BCUT2D eigenvalue weighted by molar-refractivity contribution is 5.84. The lowest BCUT2D eigenvalue weighted by Gasteiger charge is -2.31. The van der Waals surface area contributed by atoms with Gasteiger partial charge in [-0.15, -0.1) is 0 Å². The van der Waals surface area contributed by atoms with Crippen LogP contribution in [-0.4, -0.2) is 53.9 Å². The van der Waals surface area contributed by atoms with E-state index in [1.807, 2.05) is 18.2 Å². The number of rotatable bonds is 6. The third kappa shape index (κ3) is 6.63. The quantitative estimate of drug-likeness (QED) is 0.430. The van der Waals surface area contributed by atoms with Gasteiger partial charge in [0.25, 0.3) is 5.56 Å². The molecule has 1 atom stereocenters. The van der Waals surface area contributed by atoms with E-state index in [4.69, 9.17) is 14.5 Å². The van der Waals surface area contributed by atoms with E-state index in [1.54, 1.807) is 20.8 Å². The number of anilines is 1. The molecule has 0 saturated carbocycles. The van der Waals surface area contributed by atoms with Crippen LogP contribution < -0.4 is 20.5 Å². The minimum atomic E-state index is -0.724. The second-order valence-corrected chi connectivity index (χ2v) is 12.7. The molecule has 1 aromatic heterocycles. The molecule has 9 heteroatoms. The number of nitrogens with zero attached hydrogens (tertiary/aromatic N) is 3. The van der Waals surface area contributed by atoms with E-state index < -0.39 is 17.4 Å². The van der Waals surface area contributed by atoms with Gasteiger partial charge < -0.3 is 19.7 Å². The number of halogens is 1. The highest BCUT2D eigenvalue weighted by Crippen LogP contribution is 2.30. The van der Waals surface area contributed by atoms with Gasteiger partial charge in [0, 0.05) is 36.9 Å². The number of nitrogens with one attached hydrogen (secondary N) is 1. The third-order valence-electron chi connectivity index (χ3n) is 7.10. The fourth-order valence-corrected chi connectivity index (χ4v) is 5.06. The van der Waals surface area contributed by atoms with Crippen molar-refractivity contribution in [3.63, 3.8) is 0 Å². The number of carbonyl (C=O) groups is 1. The van der Waals surface area contributed by atoms with E-state index in [9.17, 15) is 14.0 Å². The van der Waals surface area contributed by atoms with Crippen molar-refractivity contribution in [1.29, 1.82) is 0 Å². The fourth-order valence-electron chi connectivity index (χ4n) is 5.06. The van der Waals surface area contributed by atoms with Gasteiger partial charge in [0.05, 0.1) is 18.0 Å². The van der Waals surface area contributed by atoms with E-state index >= 15 is 0 Å². The smallest absolute Gasteiger partial charge is 0.326 e. The van der Waals surface area contributed by atoms with Gasteiger partial charge in [0.2, 0.25) is 0 Å². The largest absolute Gasteiger partial charge is 0.494 e. The molecule has 40 heavy (non-hydrogen) atoms.